The van der Waals surface area contributed by atoms with Crippen molar-refractivity contribution < 1.29 is 5.11 Å². The fourth-order valence-corrected chi connectivity index (χ4v) is 9.67. The molecule has 24 heavy (non-hydrogen) atoms. The van der Waals surface area contributed by atoms with Crippen molar-refractivity contribution in [3.8, 4) is 23.7 Å². The molecule has 0 fully saturated rings. The van der Waals surface area contributed by atoms with E-state index in [1.54, 1.807) is 0 Å². The van der Waals surface area contributed by atoms with Gasteiger partial charge in [-0.05, 0) is 42.6 Å². The molecular weight excluding hydrogens is 413 g/mol. The van der Waals surface area contributed by atoms with E-state index in [0.717, 1.165) is 5.56 Å². The van der Waals surface area contributed by atoms with Gasteiger partial charge in [-0.15, -0.1) is 23.5 Å². The monoisotopic (exact) mass is 424 g/mol. The van der Waals surface area contributed by atoms with E-state index in [1.165, 1.54) is 26.7 Å². The Morgan fingerprint density at radius 2 is 1.58 bits per heavy atom. The van der Waals surface area contributed by atoms with Crippen LogP contribution in [0.25, 0.3) is 0 Å². The van der Waals surface area contributed by atoms with Crippen LogP contribution in [-0.4, -0.2) is 24.2 Å². The lowest BCUT2D eigenvalue weighted by molar-refractivity contribution is 0.350. The lowest BCUT2D eigenvalue weighted by Crippen LogP contribution is -1.76. The van der Waals surface area contributed by atoms with Crippen molar-refractivity contribution in [2.45, 2.75) is 9.79 Å². The van der Waals surface area contributed by atoms with Crippen LogP contribution in [-0.2, 0) is 0 Å². The standard InChI is InChI=1S/C17H12OS6/c1-19-14-15(20-2)24-17(23-14)16-21-12-8-7-11(10-13(12)22-16)6-4-3-5-9-18/h7-8,10,18H,9H2,1-2H3. The SMILES string of the molecule is CSC1=C(SC)SC(=C2Sc3ccc(C#CC#CCO)cc3S2)S1. The molecule has 1 N–H and O–H groups in total. The van der Waals surface area contributed by atoms with E-state index < -0.39 is 0 Å². The van der Waals surface area contributed by atoms with Gasteiger partial charge < -0.3 is 5.11 Å². The second kappa shape index (κ2) is 9.00. The van der Waals surface area contributed by atoms with Crippen LogP contribution in [0.15, 0.2) is 44.9 Å². The second-order valence-corrected chi connectivity index (χ2v) is 11.2. The molecule has 0 spiro atoms. The number of hydrogen-bond acceptors (Lipinski definition) is 7. The molecule has 0 amide bonds. The largest absolute Gasteiger partial charge is 0.384 e. The third kappa shape index (κ3) is 4.34. The van der Waals surface area contributed by atoms with E-state index in [9.17, 15) is 0 Å². The van der Waals surface area contributed by atoms with Gasteiger partial charge in [-0.3, -0.25) is 0 Å². The van der Waals surface area contributed by atoms with Crippen LogP contribution in [0.2, 0.25) is 0 Å². The van der Waals surface area contributed by atoms with E-state index in [0.29, 0.717) is 0 Å². The van der Waals surface area contributed by atoms with Gasteiger partial charge >= 0.3 is 0 Å². The topological polar surface area (TPSA) is 20.2 Å². The minimum atomic E-state index is -0.151. The van der Waals surface area contributed by atoms with Crippen LogP contribution < -0.4 is 0 Å². The van der Waals surface area contributed by atoms with Crippen LogP contribution >= 0.6 is 70.6 Å². The van der Waals surface area contributed by atoms with Gasteiger partial charge in [-0.2, -0.15) is 0 Å². The number of rotatable bonds is 2. The molecule has 122 valence electrons. The maximum absolute atomic E-state index is 8.63. The minimum Gasteiger partial charge on any atom is -0.384 e. The summed E-state index contributed by atoms with van der Waals surface area (Å²) >= 11 is 11.1. The highest BCUT2D eigenvalue weighted by Gasteiger charge is 2.28. The quantitative estimate of drug-likeness (QED) is 0.607. The molecule has 3 rings (SSSR count). The first-order valence-electron chi connectivity index (χ1n) is 6.77. The maximum Gasteiger partial charge on any atom is 0.105 e. The average Bonchev–Trinajstić information content (AvgIpc) is 3.21. The summed E-state index contributed by atoms with van der Waals surface area (Å²) in [4.78, 5) is 2.55. The van der Waals surface area contributed by atoms with Crippen LogP contribution in [0, 0.1) is 23.7 Å². The molecule has 0 saturated carbocycles. The first-order chi connectivity index (χ1) is 11.7. The lowest BCUT2D eigenvalue weighted by atomic mass is 10.2. The number of hydrogen-bond donors (Lipinski definition) is 1. The maximum atomic E-state index is 8.63. The van der Waals surface area contributed by atoms with E-state index in [4.69, 9.17) is 5.11 Å². The van der Waals surface area contributed by atoms with Crippen LogP contribution in [0.1, 0.15) is 5.56 Å². The lowest BCUT2D eigenvalue weighted by Gasteiger charge is -2.00. The molecule has 0 saturated heterocycles. The van der Waals surface area contributed by atoms with Gasteiger partial charge in [0.25, 0.3) is 0 Å². The Bertz CT molecular complexity index is 829. The summed E-state index contributed by atoms with van der Waals surface area (Å²) < 4.78 is 5.56. The Kier molecular flexibility index (Phi) is 7.00. The number of thioether (sulfide) groups is 6. The van der Waals surface area contributed by atoms with E-state index >= 15 is 0 Å². The summed E-state index contributed by atoms with van der Waals surface area (Å²) in [6.45, 7) is -0.151. The molecule has 0 radical (unpaired) electrons. The minimum absolute atomic E-state index is 0.151. The summed E-state index contributed by atoms with van der Waals surface area (Å²) in [6, 6.07) is 6.28. The van der Waals surface area contributed by atoms with E-state index in [1.807, 2.05) is 76.6 Å². The smallest absolute Gasteiger partial charge is 0.105 e. The molecule has 0 aliphatic carbocycles. The Hall–Kier alpha value is -0.120. The highest BCUT2D eigenvalue weighted by atomic mass is 32.3. The second-order valence-electron chi connectivity index (χ2n) is 4.34. The fraction of sp³-hybridized carbons (Fsp3) is 0.176. The van der Waals surface area contributed by atoms with Gasteiger partial charge in [-0.25, -0.2) is 0 Å². The summed E-state index contributed by atoms with van der Waals surface area (Å²) in [5.41, 5.74) is 0.958. The van der Waals surface area contributed by atoms with Gasteiger partial charge in [0.1, 0.15) is 6.61 Å². The van der Waals surface area contributed by atoms with Crippen molar-refractivity contribution in [3.63, 3.8) is 0 Å². The predicted molar refractivity (Wildman–Crippen MR) is 116 cm³/mol. The molecule has 7 heteroatoms. The summed E-state index contributed by atoms with van der Waals surface area (Å²) in [7, 11) is 0. The molecule has 0 aromatic heterocycles. The molecule has 0 atom stereocenters. The van der Waals surface area contributed by atoms with Crippen molar-refractivity contribution in [2.75, 3.05) is 19.1 Å². The van der Waals surface area contributed by atoms with Gasteiger partial charge in [0.2, 0.25) is 0 Å². The molecular formula is C17H12OS6. The van der Waals surface area contributed by atoms with Gasteiger partial charge in [0, 0.05) is 15.4 Å². The zero-order valence-corrected chi connectivity index (χ0v) is 17.7. The van der Waals surface area contributed by atoms with Crippen LogP contribution in [0.3, 0.4) is 0 Å². The summed E-state index contributed by atoms with van der Waals surface area (Å²) in [5, 5.41) is 8.63. The van der Waals surface area contributed by atoms with Gasteiger partial charge in [-0.1, -0.05) is 58.9 Å². The number of aliphatic hydroxyl groups is 1. The van der Waals surface area contributed by atoms with E-state index in [-0.39, 0.29) is 6.61 Å². The predicted octanol–water partition coefficient (Wildman–Crippen LogP) is 5.69. The van der Waals surface area contributed by atoms with Gasteiger partial charge in [0.15, 0.2) is 0 Å². The number of benzene rings is 1. The van der Waals surface area contributed by atoms with Crippen LogP contribution in [0.5, 0.6) is 0 Å². The number of fused-ring (bicyclic) bond motifs is 1. The molecule has 0 bridgehead atoms. The third-order valence-corrected chi connectivity index (χ3v) is 11.1. The Balaban J connectivity index is 1.78. The van der Waals surface area contributed by atoms with Crippen molar-refractivity contribution in [1.82, 2.24) is 0 Å². The Labute approximate surface area is 168 Å². The third-order valence-electron chi connectivity index (χ3n) is 2.86. The van der Waals surface area contributed by atoms with Crippen molar-refractivity contribution >= 4 is 70.6 Å². The summed E-state index contributed by atoms with van der Waals surface area (Å²) in [6.07, 6.45) is 4.28. The average molecular weight is 425 g/mol. The zero-order chi connectivity index (χ0) is 16.9. The van der Waals surface area contributed by atoms with Gasteiger partial charge in [0.05, 0.1) is 16.9 Å². The molecule has 1 aromatic rings. The first kappa shape index (κ1) is 18.7. The highest BCUT2D eigenvalue weighted by Crippen LogP contribution is 2.63. The molecule has 2 aliphatic rings. The van der Waals surface area contributed by atoms with E-state index in [2.05, 4.69) is 48.3 Å². The van der Waals surface area contributed by atoms with Crippen LogP contribution in [0.4, 0.5) is 0 Å². The fourth-order valence-electron chi connectivity index (χ4n) is 1.85. The molecule has 0 unspecified atom stereocenters. The summed E-state index contributed by atoms with van der Waals surface area (Å²) in [5.74, 6) is 11.0. The Morgan fingerprint density at radius 3 is 2.25 bits per heavy atom. The normalized spacial score (nSPS) is 15.8. The molecule has 2 heterocycles. The molecule has 2 aliphatic heterocycles. The van der Waals surface area contributed by atoms with Crippen molar-refractivity contribution in [1.29, 1.82) is 0 Å². The first-order valence-corrected chi connectivity index (χ1v) is 12.5. The Morgan fingerprint density at radius 1 is 0.917 bits per heavy atom. The number of aliphatic hydroxyl groups excluding tert-OH is 1. The van der Waals surface area contributed by atoms with Crippen molar-refractivity contribution in [2.24, 2.45) is 0 Å². The molecule has 1 aromatic carbocycles. The van der Waals surface area contributed by atoms with Crippen molar-refractivity contribution in [3.05, 3.63) is 40.7 Å². The highest BCUT2D eigenvalue weighted by molar-refractivity contribution is 8.41. The molecule has 1 nitrogen and oxygen atoms in total. The zero-order valence-electron chi connectivity index (χ0n) is 12.8.